The van der Waals surface area contributed by atoms with Crippen molar-refractivity contribution < 1.29 is 4.79 Å². The van der Waals surface area contributed by atoms with E-state index in [1.807, 2.05) is 11.0 Å². The van der Waals surface area contributed by atoms with Gasteiger partial charge in [0.05, 0.1) is 11.3 Å². The normalized spacial score (nSPS) is 22.9. The molecule has 0 unspecified atom stereocenters. The fourth-order valence-corrected chi connectivity index (χ4v) is 5.36. The first-order valence-electron chi connectivity index (χ1n) is 11.8. The second-order valence-corrected chi connectivity index (χ2v) is 9.64. The van der Waals surface area contributed by atoms with Gasteiger partial charge >= 0.3 is 0 Å². The van der Waals surface area contributed by atoms with Crippen LogP contribution in [0.25, 0.3) is 5.65 Å². The van der Waals surface area contributed by atoms with E-state index in [1.165, 1.54) is 0 Å². The molecule has 166 valence electrons. The first-order valence-corrected chi connectivity index (χ1v) is 11.8. The fraction of sp³-hybridized carbons (Fsp3) is 0.625. The van der Waals surface area contributed by atoms with Crippen molar-refractivity contribution in [3.8, 4) is 0 Å². The summed E-state index contributed by atoms with van der Waals surface area (Å²) in [6.07, 6.45) is 9.89. The Bertz CT molecular complexity index is 1060. The van der Waals surface area contributed by atoms with Crippen molar-refractivity contribution in [1.82, 2.24) is 24.4 Å². The van der Waals surface area contributed by atoms with E-state index < -0.39 is 0 Å². The summed E-state index contributed by atoms with van der Waals surface area (Å²) >= 11 is 0. The number of likely N-dealkylation sites (tertiary alicyclic amines) is 1. The number of hydrogen-bond acceptors (Lipinski definition) is 4. The molecule has 1 atom stereocenters. The van der Waals surface area contributed by atoms with Crippen molar-refractivity contribution in [3.63, 3.8) is 0 Å². The number of aromatic nitrogens is 3. The third-order valence-electron chi connectivity index (χ3n) is 7.41. The number of fused-ring (bicyclic) bond motifs is 2. The van der Waals surface area contributed by atoms with Crippen LogP contribution in [0.1, 0.15) is 68.8 Å². The summed E-state index contributed by atoms with van der Waals surface area (Å²) < 4.78 is 1.63. The lowest BCUT2D eigenvalue weighted by Crippen LogP contribution is -2.41. The van der Waals surface area contributed by atoms with Gasteiger partial charge in [0.2, 0.25) is 5.91 Å². The summed E-state index contributed by atoms with van der Waals surface area (Å²) in [4.78, 5) is 35.2. The highest BCUT2D eigenvalue weighted by atomic mass is 16.2. The molecule has 0 saturated carbocycles. The minimum atomic E-state index is 0.0366. The van der Waals surface area contributed by atoms with Crippen LogP contribution in [0.3, 0.4) is 0 Å². The summed E-state index contributed by atoms with van der Waals surface area (Å²) in [6, 6.07) is 2.47. The zero-order valence-corrected chi connectivity index (χ0v) is 18.6. The van der Waals surface area contributed by atoms with Crippen molar-refractivity contribution in [3.05, 3.63) is 45.5 Å². The lowest BCUT2D eigenvalue weighted by atomic mass is 9.90. The van der Waals surface area contributed by atoms with E-state index in [2.05, 4.69) is 36.0 Å². The van der Waals surface area contributed by atoms with Crippen LogP contribution in [0.4, 0.5) is 0 Å². The second kappa shape index (κ2) is 8.26. The third-order valence-corrected chi connectivity index (χ3v) is 7.41. The minimum Gasteiger partial charge on any atom is -0.342 e. The van der Waals surface area contributed by atoms with Gasteiger partial charge in [0.25, 0.3) is 5.56 Å². The Morgan fingerprint density at radius 1 is 1.16 bits per heavy atom. The summed E-state index contributed by atoms with van der Waals surface area (Å²) in [7, 11) is 0. The van der Waals surface area contributed by atoms with Crippen LogP contribution < -0.4 is 5.56 Å². The fourth-order valence-electron chi connectivity index (χ4n) is 5.36. The van der Waals surface area contributed by atoms with Gasteiger partial charge in [0.15, 0.2) is 5.65 Å². The molecular weight excluding hydrogens is 390 g/mol. The van der Waals surface area contributed by atoms with Crippen LogP contribution in [0.15, 0.2) is 23.0 Å². The summed E-state index contributed by atoms with van der Waals surface area (Å²) in [6.45, 7) is 7.55. The van der Waals surface area contributed by atoms with Gasteiger partial charge in [-0.1, -0.05) is 12.2 Å². The van der Waals surface area contributed by atoms with E-state index in [0.717, 1.165) is 80.8 Å². The smallest absolute Gasteiger partial charge is 0.277 e. The van der Waals surface area contributed by atoms with E-state index in [0.29, 0.717) is 24.4 Å². The highest BCUT2D eigenvalue weighted by Crippen LogP contribution is 2.30. The first kappa shape index (κ1) is 20.5. The predicted molar refractivity (Wildman–Crippen MR) is 120 cm³/mol. The van der Waals surface area contributed by atoms with Gasteiger partial charge in [-0.15, -0.1) is 0 Å². The highest BCUT2D eigenvalue weighted by molar-refractivity contribution is 5.79. The molecule has 1 aliphatic carbocycles. The van der Waals surface area contributed by atoms with Crippen LogP contribution in [0.2, 0.25) is 0 Å². The molecule has 1 N–H and O–H groups in total. The van der Waals surface area contributed by atoms with Gasteiger partial charge in [0.1, 0.15) is 0 Å². The number of amides is 1. The molecule has 0 aromatic carbocycles. The molecule has 1 saturated heterocycles. The van der Waals surface area contributed by atoms with E-state index in [1.54, 1.807) is 4.52 Å². The van der Waals surface area contributed by atoms with Gasteiger partial charge in [-0.05, 0) is 46.0 Å². The lowest BCUT2D eigenvalue weighted by Gasteiger charge is -2.34. The Morgan fingerprint density at radius 2 is 1.97 bits per heavy atom. The number of hydrogen-bond donors (Lipinski definition) is 1. The molecule has 0 bridgehead atoms. The molecule has 1 fully saturated rings. The zero-order chi connectivity index (χ0) is 21.5. The van der Waals surface area contributed by atoms with Crippen molar-refractivity contribution in [2.24, 2.45) is 5.92 Å². The summed E-state index contributed by atoms with van der Waals surface area (Å²) in [5.41, 5.74) is 3.61. The van der Waals surface area contributed by atoms with Crippen molar-refractivity contribution in [1.29, 1.82) is 0 Å². The molecule has 2 aromatic rings. The third kappa shape index (κ3) is 3.84. The predicted octanol–water partition coefficient (Wildman–Crippen LogP) is 2.85. The maximum absolute atomic E-state index is 13.2. The number of piperidine rings is 1. The van der Waals surface area contributed by atoms with E-state index in [9.17, 15) is 9.59 Å². The van der Waals surface area contributed by atoms with E-state index >= 15 is 0 Å². The molecule has 2 aromatic heterocycles. The summed E-state index contributed by atoms with van der Waals surface area (Å²) in [5, 5.41) is 3.35. The molecule has 4 heterocycles. The standard InChI is InChI=1S/C24H33N5O2/c1-16(2)28-13-10-20-19(15-28)24(31)29-22(25-20)14-21(26-29)17-8-11-27(12-9-17)23(30)18-6-4-3-5-7-18/h3-4,14,16-18,26H,5-13,15H2,1-2H3/t18-/m1/s1. The lowest BCUT2D eigenvalue weighted by molar-refractivity contribution is -0.136. The molecule has 3 aliphatic rings. The molecule has 2 aliphatic heterocycles. The van der Waals surface area contributed by atoms with Crippen LogP contribution in [-0.4, -0.2) is 56.0 Å². The molecule has 7 nitrogen and oxygen atoms in total. The van der Waals surface area contributed by atoms with E-state index in [-0.39, 0.29) is 11.5 Å². The Morgan fingerprint density at radius 3 is 2.68 bits per heavy atom. The SMILES string of the molecule is CC(C)N1CCc2nc3cc(C4CCN(C(=O)[C@@H]5CC=CCC5)CC4)[nH]n3c(=O)c2C1. The monoisotopic (exact) mass is 423 g/mol. The van der Waals surface area contributed by atoms with Crippen LogP contribution in [0, 0.1) is 5.92 Å². The van der Waals surface area contributed by atoms with Crippen molar-refractivity contribution >= 4 is 11.6 Å². The number of nitrogens with zero attached hydrogens (tertiary/aromatic N) is 4. The number of nitrogens with one attached hydrogen (secondary N) is 1. The van der Waals surface area contributed by atoms with Gasteiger partial charge < -0.3 is 4.90 Å². The first-order chi connectivity index (χ1) is 15.0. The number of aromatic amines is 1. The summed E-state index contributed by atoms with van der Waals surface area (Å²) in [5.74, 6) is 0.814. The van der Waals surface area contributed by atoms with Crippen molar-refractivity contribution in [2.45, 2.75) is 70.9 Å². The van der Waals surface area contributed by atoms with Gasteiger partial charge in [-0.3, -0.25) is 19.6 Å². The number of carbonyl (C=O) groups excluding carboxylic acids is 1. The Hall–Kier alpha value is -2.41. The Labute approximate surface area is 183 Å². The number of rotatable bonds is 3. The molecule has 0 radical (unpaired) electrons. The van der Waals surface area contributed by atoms with Gasteiger partial charge in [0, 0.05) is 62.2 Å². The van der Waals surface area contributed by atoms with Crippen LogP contribution in [-0.2, 0) is 17.8 Å². The minimum absolute atomic E-state index is 0.0366. The van der Waals surface area contributed by atoms with Crippen molar-refractivity contribution in [2.75, 3.05) is 19.6 Å². The number of allylic oxidation sites excluding steroid dienone is 2. The average molecular weight is 424 g/mol. The molecule has 7 heteroatoms. The topological polar surface area (TPSA) is 73.7 Å². The Balaban J connectivity index is 1.31. The van der Waals surface area contributed by atoms with Crippen LogP contribution in [0.5, 0.6) is 0 Å². The maximum atomic E-state index is 13.2. The average Bonchev–Trinajstić information content (AvgIpc) is 3.23. The van der Waals surface area contributed by atoms with Gasteiger partial charge in [-0.25, -0.2) is 9.50 Å². The highest BCUT2D eigenvalue weighted by Gasteiger charge is 2.30. The second-order valence-electron chi connectivity index (χ2n) is 9.64. The zero-order valence-electron chi connectivity index (χ0n) is 18.6. The Kier molecular flexibility index (Phi) is 5.46. The molecule has 31 heavy (non-hydrogen) atoms. The van der Waals surface area contributed by atoms with E-state index in [4.69, 9.17) is 4.98 Å². The maximum Gasteiger partial charge on any atom is 0.277 e. The molecular formula is C24H33N5O2. The molecule has 1 amide bonds. The quantitative estimate of drug-likeness (QED) is 0.771. The molecule has 0 spiro atoms. The number of carbonyl (C=O) groups is 1. The van der Waals surface area contributed by atoms with Gasteiger partial charge in [-0.2, -0.15) is 0 Å². The molecule has 5 rings (SSSR count). The number of H-pyrrole nitrogens is 1. The largest absolute Gasteiger partial charge is 0.342 e. The van der Waals surface area contributed by atoms with Crippen LogP contribution >= 0.6 is 0 Å².